The molecule has 0 spiro atoms. The smallest absolute Gasteiger partial charge is 0.317 e. The Balaban J connectivity index is 1.44. The summed E-state index contributed by atoms with van der Waals surface area (Å²) < 4.78 is 51.6. The summed E-state index contributed by atoms with van der Waals surface area (Å²) in [5, 5.41) is 2.50. The van der Waals surface area contributed by atoms with Crippen LogP contribution in [0.5, 0.6) is 0 Å². The van der Waals surface area contributed by atoms with E-state index in [1.165, 1.54) is 0 Å². The molecule has 0 radical (unpaired) electrons. The standard InChI is InChI=1S/C16H28F2N4O3S/c17-15(18)12-20-8-3-13(11-20)19-16(23)21-9-4-14(5-10-21)26(24,25)22-6-1-2-7-22/h13-15H,1-12H2,(H,19,23). The van der Waals surface area contributed by atoms with Gasteiger partial charge in [-0.2, -0.15) is 0 Å². The van der Waals surface area contributed by atoms with Crippen molar-refractivity contribution in [3.8, 4) is 0 Å². The van der Waals surface area contributed by atoms with Gasteiger partial charge in [0, 0.05) is 45.3 Å². The van der Waals surface area contributed by atoms with Crippen LogP contribution in [-0.4, -0.2) is 92.1 Å². The van der Waals surface area contributed by atoms with E-state index in [9.17, 15) is 22.0 Å². The number of hydrogen-bond donors (Lipinski definition) is 1. The van der Waals surface area contributed by atoms with Gasteiger partial charge in [0.1, 0.15) is 0 Å². The van der Waals surface area contributed by atoms with E-state index < -0.39 is 21.7 Å². The Hall–Kier alpha value is -1.00. The first kappa shape index (κ1) is 19.8. The highest BCUT2D eigenvalue weighted by molar-refractivity contribution is 7.89. The molecule has 26 heavy (non-hydrogen) atoms. The Labute approximate surface area is 153 Å². The monoisotopic (exact) mass is 394 g/mol. The molecule has 3 rings (SSSR count). The minimum atomic E-state index is -3.25. The zero-order valence-corrected chi connectivity index (χ0v) is 15.8. The molecule has 0 aromatic rings. The fourth-order valence-corrected chi connectivity index (χ4v) is 6.08. The molecular weight excluding hydrogens is 366 g/mol. The van der Waals surface area contributed by atoms with Gasteiger partial charge in [-0.05, 0) is 32.1 Å². The molecule has 1 atom stereocenters. The summed E-state index contributed by atoms with van der Waals surface area (Å²) in [5.74, 6) is 0. The molecule has 3 heterocycles. The van der Waals surface area contributed by atoms with Gasteiger partial charge in [0.05, 0.1) is 11.8 Å². The molecule has 0 aromatic carbocycles. The minimum Gasteiger partial charge on any atom is -0.334 e. The number of nitrogens with zero attached hydrogens (tertiary/aromatic N) is 3. The minimum absolute atomic E-state index is 0.118. The Morgan fingerprint density at radius 3 is 2.31 bits per heavy atom. The van der Waals surface area contributed by atoms with E-state index in [4.69, 9.17) is 0 Å². The van der Waals surface area contributed by atoms with Crippen molar-refractivity contribution in [2.45, 2.75) is 49.8 Å². The molecule has 0 saturated carbocycles. The maximum Gasteiger partial charge on any atom is 0.317 e. The lowest BCUT2D eigenvalue weighted by molar-refractivity contribution is 0.0986. The second-order valence-electron chi connectivity index (χ2n) is 7.42. The van der Waals surface area contributed by atoms with E-state index in [0.29, 0.717) is 58.5 Å². The van der Waals surface area contributed by atoms with E-state index >= 15 is 0 Å². The lowest BCUT2D eigenvalue weighted by atomic mass is 10.1. The van der Waals surface area contributed by atoms with Gasteiger partial charge in [-0.1, -0.05) is 0 Å². The average Bonchev–Trinajstić information content (AvgIpc) is 3.27. The van der Waals surface area contributed by atoms with E-state index in [1.54, 1.807) is 14.1 Å². The molecule has 7 nitrogen and oxygen atoms in total. The van der Waals surface area contributed by atoms with Crippen molar-refractivity contribution in [1.82, 2.24) is 19.4 Å². The number of carbonyl (C=O) groups excluding carboxylic acids is 1. The van der Waals surface area contributed by atoms with Crippen LogP contribution in [0.4, 0.5) is 13.6 Å². The highest BCUT2D eigenvalue weighted by Gasteiger charge is 2.37. The summed E-state index contributed by atoms with van der Waals surface area (Å²) in [7, 11) is -3.25. The predicted molar refractivity (Wildman–Crippen MR) is 93.7 cm³/mol. The van der Waals surface area contributed by atoms with Crippen molar-refractivity contribution in [3.63, 3.8) is 0 Å². The SMILES string of the molecule is O=C(NC1CCN(CC(F)F)C1)N1CCC(S(=O)(=O)N2CCCC2)CC1. The summed E-state index contributed by atoms with van der Waals surface area (Å²) in [6.45, 7) is 2.79. The van der Waals surface area contributed by atoms with E-state index in [-0.39, 0.29) is 18.6 Å². The summed E-state index contributed by atoms with van der Waals surface area (Å²) in [4.78, 5) is 15.7. The van der Waals surface area contributed by atoms with Gasteiger partial charge >= 0.3 is 6.03 Å². The Morgan fingerprint density at radius 2 is 1.69 bits per heavy atom. The number of hydrogen-bond acceptors (Lipinski definition) is 4. The summed E-state index contributed by atoms with van der Waals surface area (Å²) >= 11 is 0. The third-order valence-corrected chi connectivity index (χ3v) is 7.97. The Kier molecular flexibility index (Phi) is 6.34. The molecule has 3 fully saturated rings. The van der Waals surface area contributed by atoms with Crippen molar-refractivity contribution in [3.05, 3.63) is 0 Å². The fourth-order valence-electron chi connectivity index (χ4n) is 4.09. The van der Waals surface area contributed by atoms with Crippen molar-refractivity contribution in [1.29, 1.82) is 0 Å². The zero-order chi connectivity index (χ0) is 18.7. The highest BCUT2D eigenvalue weighted by Crippen LogP contribution is 2.24. The number of piperidine rings is 1. The van der Waals surface area contributed by atoms with Crippen molar-refractivity contribution in [2.75, 3.05) is 45.8 Å². The van der Waals surface area contributed by atoms with Crippen LogP contribution in [0.25, 0.3) is 0 Å². The summed E-state index contributed by atoms with van der Waals surface area (Å²) in [6, 6.07) is -0.335. The van der Waals surface area contributed by atoms with Gasteiger partial charge in [-0.15, -0.1) is 0 Å². The van der Waals surface area contributed by atoms with Gasteiger partial charge in [-0.25, -0.2) is 26.3 Å². The van der Waals surface area contributed by atoms with Crippen LogP contribution in [-0.2, 0) is 10.0 Å². The number of halogens is 2. The number of amides is 2. The molecule has 3 aliphatic heterocycles. The normalized spacial score (nSPS) is 26.7. The number of carbonyl (C=O) groups is 1. The van der Waals surface area contributed by atoms with Crippen LogP contribution in [0.1, 0.15) is 32.1 Å². The molecule has 0 bridgehead atoms. The highest BCUT2D eigenvalue weighted by atomic mass is 32.2. The van der Waals surface area contributed by atoms with Crippen molar-refractivity contribution >= 4 is 16.1 Å². The number of alkyl halides is 2. The average molecular weight is 394 g/mol. The molecule has 3 aliphatic rings. The number of urea groups is 1. The van der Waals surface area contributed by atoms with Gasteiger partial charge in [0.25, 0.3) is 6.43 Å². The van der Waals surface area contributed by atoms with E-state index in [2.05, 4.69) is 5.32 Å². The van der Waals surface area contributed by atoms with E-state index in [0.717, 1.165) is 12.8 Å². The fraction of sp³-hybridized carbons (Fsp3) is 0.938. The van der Waals surface area contributed by atoms with Crippen LogP contribution in [0.15, 0.2) is 0 Å². The van der Waals surface area contributed by atoms with Crippen LogP contribution >= 0.6 is 0 Å². The maximum absolute atomic E-state index is 12.6. The molecule has 10 heteroatoms. The quantitative estimate of drug-likeness (QED) is 0.753. The molecule has 3 saturated heterocycles. The van der Waals surface area contributed by atoms with Crippen LogP contribution in [0, 0.1) is 0 Å². The van der Waals surface area contributed by atoms with E-state index in [1.807, 2.05) is 0 Å². The van der Waals surface area contributed by atoms with Gasteiger partial charge in [0.2, 0.25) is 10.0 Å². The lowest BCUT2D eigenvalue weighted by Gasteiger charge is -2.34. The summed E-state index contributed by atoms with van der Waals surface area (Å²) in [5.41, 5.74) is 0. The second kappa shape index (κ2) is 8.35. The van der Waals surface area contributed by atoms with Gasteiger partial charge in [0.15, 0.2) is 0 Å². The van der Waals surface area contributed by atoms with Crippen LogP contribution in [0.3, 0.4) is 0 Å². The molecule has 0 aromatic heterocycles. The topological polar surface area (TPSA) is 73.0 Å². The summed E-state index contributed by atoms with van der Waals surface area (Å²) in [6.07, 6.45) is 1.05. The van der Waals surface area contributed by atoms with Crippen molar-refractivity contribution < 1.29 is 22.0 Å². The Bertz CT molecular complexity index is 590. The number of sulfonamides is 1. The molecular formula is C16H28F2N4O3S. The van der Waals surface area contributed by atoms with Gasteiger partial charge in [-0.3, -0.25) is 4.90 Å². The van der Waals surface area contributed by atoms with Gasteiger partial charge < -0.3 is 10.2 Å². The molecule has 1 N–H and O–H groups in total. The molecule has 0 aliphatic carbocycles. The Morgan fingerprint density at radius 1 is 1.04 bits per heavy atom. The first-order valence-electron chi connectivity index (χ1n) is 9.41. The zero-order valence-electron chi connectivity index (χ0n) is 14.9. The first-order chi connectivity index (χ1) is 12.4. The first-order valence-corrected chi connectivity index (χ1v) is 10.9. The largest absolute Gasteiger partial charge is 0.334 e. The molecule has 2 amide bonds. The second-order valence-corrected chi connectivity index (χ2v) is 9.64. The predicted octanol–water partition coefficient (Wildman–Crippen LogP) is 0.925. The van der Waals surface area contributed by atoms with Crippen molar-refractivity contribution in [2.24, 2.45) is 0 Å². The third kappa shape index (κ3) is 4.64. The third-order valence-electron chi connectivity index (χ3n) is 5.57. The van der Waals surface area contributed by atoms with Crippen LogP contribution in [0.2, 0.25) is 0 Å². The lowest BCUT2D eigenvalue weighted by Crippen LogP contribution is -2.51. The molecule has 1 unspecified atom stereocenters. The number of nitrogens with one attached hydrogen (secondary N) is 1. The number of likely N-dealkylation sites (tertiary alicyclic amines) is 2. The molecule has 150 valence electrons. The van der Waals surface area contributed by atoms with Crippen LogP contribution < -0.4 is 5.32 Å². The number of rotatable bonds is 5. The maximum atomic E-state index is 12.6.